The fourth-order valence-corrected chi connectivity index (χ4v) is 5.01. The SMILES string of the molecule is CC(C)(C)[Si](C)(C)OC[C@@H]1CCCN1c1nc(Cl)nc2c1cnn2C1CCC1. The van der Waals surface area contributed by atoms with E-state index in [2.05, 4.69) is 53.8 Å². The number of anilines is 1. The molecule has 0 aromatic carbocycles. The maximum absolute atomic E-state index is 6.54. The fraction of sp³-hybridized carbons (Fsp3) is 0.750. The zero-order chi connectivity index (χ0) is 20.1. The van der Waals surface area contributed by atoms with Crippen LogP contribution in [0, 0.1) is 0 Å². The van der Waals surface area contributed by atoms with Crippen molar-refractivity contribution >= 4 is 36.8 Å². The van der Waals surface area contributed by atoms with E-state index in [4.69, 9.17) is 16.0 Å². The Hall–Kier alpha value is -1.18. The van der Waals surface area contributed by atoms with Crippen molar-refractivity contribution in [1.82, 2.24) is 19.7 Å². The van der Waals surface area contributed by atoms with E-state index in [-0.39, 0.29) is 5.04 Å². The largest absolute Gasteiger partial charge is 0.415 e. The summed E-state index contributed by atoms with van der Waals surface area (Å²) < 4.78 is 8.59. The molecule has 3 heterocycles. The molecule has 0 spiro atoms. The first-order valence-corrected chi connectivity index (χ1v) is 13.8. The molecule has 6 nitrogen and oxygen atoms in total. The molecule has 1 atom stereocenters. The van der Waals surface area contributed by atoms with Crippen molar-refractivity contribution in [2.75, 3.05) is 18.1 Å². The summed E-state index contributed by atoms with van der Waals surface area (Å²) in [6.45, 7) is 13.2. The van der Waals surface area contributed by atoms with Crippen molar-refractivity contribution in [3.63, 3.8) is 0 Å². The molecule has 2 fully saturated rings. The number of aromatic nitrogens is 4. The molecule has 1 aliphatic carbocycles. The van der Waals surface area contributed by atoms with Gasteiger partial charge in [0.1, 0.15) is 5.82 Å². The lowest BCUT2D eigenvalue weighted by atomic mass is 9.93. The molecule has 1 saturated carbocycles. The van der Waals surface area contributed by atoms with Gasteiger partial charge in [0.2, 0.25) is 5.28 Å². The van der Waals surface area contributed by atoms with Gasteiger partial charge in [-0.3, -0.25) is 0 Å². The smallest absolute Gasteiger partial charge is 0.226 e. The molecule has 0 unspecified atom stereocenters. The van der Waals surface area contributed by atoms with Crippen molar-refractivity contribution in [3.05, 3.63) is 11.5 Å². The summed E-state index contributed by atoms with van der Waals surface area (Å²) in [5, 5.41) is 6.17. The lowest BCUT2D eigenvalue weighted by Crippen LogP contribution is -2.45. The van der Waals surface area contributed by atoms with Gasteiger partial charge in [-0.15, -0.1) is 0 Å². The third-order valence-electron chi connectivity index (χ3n) is 6.92. The minimum Gasteiger partial charge on any atom is -0.415 e. The van der Waals surface area contributed by atoms with Crippen LogP contribution in [0.15, 0.2) is 6.20 Å². The molecular formula is C20H32ClN5OSi. The van der Waals surface area contributed by atoms with E-state index in [9.17, 15) is 0 Å². The first-order chi connectivity index (χ1) is 13.2. The summed E-state index contributed by atoms with van der Waals surface area (Å²) >= 11 is 6.34. The molecule has 154 valence electrons. The average molecular weight is 422 g/mol. The van der Waals surface area contributed by atoms with E-state index in [1.54, 1.807) is 0 Å². The summed E-state index contributed by atoms with van der Waals surface area (Å²) in [6.07, 6.45) is 7.78. The van der Waals surface area contributed by atoms with Gasteiger partial charge in [0.05, 0.1) is 30.3 Å². The summed E-state index contributed by atoms with van der Waals surface area (Å²) in [7, 11) is -1.78. The van der Waals surface area contributed by atoms with Crippen molar-refractivity contribution in [2.45, 2.75) is 83.1 Å². The molecule has 4 rings (SSSR count). The number of hydrogen-bond donors (Lipinski definition) is 0. The monoisotopic (exact) mass is 421 g/mol. The number of fused-ring (bicyclic) bond motifs is 1. The third kappa shape index (κ3) is 3.57. The first kappa shape index (κ1) is 20.1. The highest BCUT2D eigenvalue weighted by Crippen LogP contribution is 2.39. The van der Waals surface area contributed by atoms with Gasteiger partial charge in [0.15, 0.2) is 14.0 Å². The van der Waals surface area contributed by atoms with Crippen LogP contribution in [-0.2, 0) is 4.43 Å². The lowest BCUT2D eigenvalue weighted by Gasteiger charge is -2.38. The second-order valence-electron chi connectivity index (χ2n) is 9.79. The van der Waals surface area contributed by atoms with E-state index >= 15 is 0 Å². The zero-order valence-corrected chi connectivity index (χ0v) is 19.5. The Labute approximate surface area is 173 Å². The summed E-state index contributed by atoms with van der Waals surface area (Å²) in [5.74, 6) is 0.918. The molecular weight excluding hydrogens is 390 g/mol. The van der Waals surface area contributed by atoms with E-state index in [1.807, 2.05) is 10.9 Å². The zero-order valence-electron chi connectivity index (χ0n) is 17.7. The number of hydrogen-bond acceptors (Lipinski definition) is 5. The Kier molecular flexibility index (Phi) is 5.21. The second-order valence-corrected chi connectivity index (χ2v) is 14.9. The molecule has 2 aromatic rings. The average Bonchev–Trinajstić information content (AvgIpc) is 3.17. The van der Waals surface area contributed by atoms with E-state index in [0.29, 0.717) is 17.4 Å². The number of nitrogens with zero attached hydrogens (tertiary/aromatic N) is 5. The Morgan fingerprint density at radius 1 is 1.18 bits per heavy atom. The standard InChI is InChI=1S/C20H32ClN5OSi/c1-20(2,3)28(4,5)27-13-15-10-7-11-25(15)17-16-12-22-26(14-8-6-9-14)18(16)24-19(21)23-17/h12,14-15H,6-11,13H2,1-5H3/t15-/m0/s1. The van der Waals surface area contributed by atoms with E-state index in [0.717, 1.165) is 42.8 Å². The Bertz CT molecular complexity index is 858. The fourth-order valence-electron chi connectivity index (χ4n) is 3.81. The molecule has 0 bridgehead atoms. The molecule has 2 aliphatic rings. The van der Waals surface area contributed by atoms with Crippen LogP contribution in [0.3, 0.4) is 0 Å². The number of halogens is 1. The van der Waals surface area contributed by atoms with Gasteiger partial charge < -0.3 is 9.33 Å². The molecule has 0 radical (unpaired) electrons. The van der Waals surface area contributed by atoms with Crippen LogP contribution < -0.4 is 4.90 Å². The van der Waals surface area contributed by atoms with Crippen LogP contribution in [0.5, 0.6) is 0 Å². The minimum absolute atomic E-state index is 0.214. The molecule has 0 amide bonds. The normalized spacial score (nSPS) is 21.5. The Morgan fingerprint density at radius 3 is 2.57 bits per heavy atom. The summed E-state index contributed by atoms with van der Waals surface area (Å²) in [4.78, 5) is 11.5. The van der Waals surface area contributed by atoms with Gasteiger partial charge in [-0.1, -0.05) is 20.8 Å². The van der Waals surface area contributed by atoms with Crippen molar-refractivity contribution < 1.29 is 4.43 Å². The lowest BCUT2D eigenvalue weighted by molar-refractivity contribution is 0.263. The van der Waals surface area contributed by atoms with Crippen LogP contribution in [0.1, 0.15) is 58.9 Å². The van der Waals surface area contributed by atoms with Crippen LogP contribution in [-0.4, -0.2) is 47.3 Å². The van der Waals surface area contributed by atoms with Gasteiger partial charge in [-0.05, 0) is 61.8 Å². The predicted octanol–water partition coefficient (Wildman–Crippen LogP) is 5.20. The maximum atomic E-state index is 6.54. The highest BCUT2D eigenvalue weighted by atomic mass is 35.5. The highest BCUT2D eigenvalue weighted by molar-refractivity contribution is 6.74. The molecule has 1 saturated heterocycles. The van der Waals surface area contributed by atoms with Gasteiger partial charge in [0, 0.05) is 6.54 Å². The van der Waals surface area contributed by atoms with Crippen LogP contribution >= 0.6 is 11.6 Å². The van der Waals surface area contributed by atoms with Gasteiger partial charge in [-0.2, -0.15) is 15.1 Å². The highest BCUT2D eigenvalue weighted by Gasteiger charge is 2.39. The molecule has 8 heteroatoms. The van der Waals surface area contributed by atoms with E-state index < -0.39 is 8.32 Å². The van der Waals surface area contributed by atoms with Gasteiger partial charge in [-0.25, -0.2) is 4.68 Å². The minimum atomic E-state index is -1.78. The number of rotatable bonds is 5. The predicted molar refractivity (Wildman–Crippen MR) is 117 cm³/mol. The van der Waals surface area contributed by atoms with Crippen LogP contribution in [0.25, 0.3) is 11.0 Å². The van der Waals surface area contributed by atoms with Crippen molar-refractivity contribution in [3.8, 4) is 0 Å². The summed E-state index contributed by atoms with van der Waals surface area (Å²) in [6, 6.07) is 0.781. The molecule has 2 aromatic heterocycles. The Balaban J connectivity index is 1.61. The van der Waals surface area contributed by atoms with Crippen LogP contribution in [0.4, 0.5) is 5.82 Å². The van der Waals surface area contributed by atoms with Gasteiger partial charge >= 0.3 is 0 Å². The molecule has 0 N–H and O–H groups in total. The quantitative estimate of drug-likeness (QED) is 0.490. The van der Waals surface area contributed by atoms with Crippen LogP contribution in [0.2, 0.25) is 23.4 Å². The first-order valence-electron chi connectivity index (χ1n) is 10.5. The Morgan fingerprint density at radius 2 is 1.93 bits per heavy atom. The van der Waals surface area contributed by atoms with Crippen molar-refractivity contribution in [2.24, 2.45) is 0 Å². The maximum Gasteiger partial charge on any atom is 0.226 e. The summed E-state index contributed by atoms with van der Waals surface area (Å²) in [5.41, 5.74) is 0.871. The van der Waals surface area contributed by atoms with Gasteiger partial charge in [0.25, 0.3) is 0 Å². The molecule has 1 aliphatic heterocycles. The second kappa shape index (κ2) is 7.25. The van der Waals surface area contributed by atoms with Crippen molar-refractivity contribution in [1.29, 1.82) is 0 Å². The topological polar surface area (TPSA) is 56.1 Å². The third-order valence-corrected chi connectivity index (χ3v) is 11.6. The molecule has 28 heavy (non-hydrogen) atoms. The van der Waals surface area contributed by atoms with E-state index in [1.165, 1.54) is 19.3 Å².